The van der Waals surface area contributed by atoms with Gasteiger partial charge in [0.25, 0.3) is 0 Å². The van der Waals surface area contributed by atoms with E-state index in [4.69, 9.17) is 9.47 Å². The van der Waals surface area contributed by atoms with Crippen molar-refractivity contribution in [1.29, 1.82) is 0 Å². The van der Waals surface area contributed by atoms with Gasteiger partial charge in [-0.3, -0.25) is 0 Å². The zero-order valence-electron chi connectivity index (χ0n) is 20.4. The van der Waals surface area contributed by atoms with E-state index in [-0.39, 0.29) is 6.03 Å². The van der Waals surface area contributed by atoms with Crippen LogP contribution in [-0.4, -0.2) is 29.7 Å². The number of aromatic nitrogens is 1. The second-order valence-corrected chi connectivity index (χ2v) is 8.43. The fourth-order valence-electron chi connectivity index (χ4n) is 4.00. The predicted molar refractivity (Wildman–Crippen MR) is 139 cm³/mol. The molecule has 0 aliphatic rings. The first-order valence-electron chi connectivity index (χ1n) is 11.6. The lowest BCUT2D eigenvalue weighted by Crippen LogP contribution is -2.34. The molecule has 0 unspecified atom stereocenters. The number of nitrogens with one attached hydrogen (secondary N) is 1. The third-order valence-electron chi connectivity index (χ3n) is 5.98. The number of benzene rings is 3. The van der Waals surface area contributed by atoms with Crippen molar-refractivity contribution in [3.63, 3.8) is 0 Å². The van der Waals surface area contributed by atoms with E-state index in [2.05, 4.69) is 53.3 Å². The summed E-state index contributed by atoms with van der Waals surface area (Å²) in [5.41, 5.74) is 5.23. The Kier molecular flexibility index (Phi) is 7.73. The van der Waals surface area contributed by atoms with E-state index < -0.39 is 0 Å². The number of ether oxygens (including phenoxy) is 2. The molecule has 0 radical (unpaired) electrons. The summed E-state index contributed by atoms with van der Waals surface area (Å²) >= 11 is 0. The number of carbonyl (C=O) groups is 1. The summed E-state index contributed by atoms with van der Waals surface area (Å²) in [5.74, 6) is 1.22. The van der Waals surface area contributed by atoms with Crippen LogP contribution in [0.5, 0.6) is 11.5 Å². The number of aryl methyl sites for hydroxylation is 1. The highest BCUT2D eigenvalue weighted by atomic mass is 16.5. The van der Waals surface area contributed by atoms with Crippen LogP contribution in [0.4, 0.5) is 10.5 Å². The summed E-state index contributed by atoms with van der Waals surface area (Å²) in [7, 11) is 3.18. The molecular formula is C29H31N3O3. The smallest absolute Gasteiger partial charge is 0.322 e. The van der Waals surface area contributed by atoms with Gasteiger partial charge in [0.2, 0.25) is 0 Å². The number of urea groups is 1. The van der Waals surface area contributed by atoms with Crippen molar-refractivity contribution in [1.82, 2.24) is 9.47 Å². The molecule has 180 valence electrons. The molecule has 1 heterocycles. The lowest BCUT2D eigenvalue weighted by Gasteiger charge is -2.24. The van der Waals surface area contributed by atoms with E-state index in [1.54, 1.807) is 32.4 Å². The van der Waals surface area contributed by atoms with Crippen LogP contribution in [-0.2, 0) is 19.6 Å². The topological polar surface area (TPSA) is 55.7 Å². The van der Waals surface area contributed by atoms with Crippen molar-refractivity contribution in [3.05, 3.63) is 114 Å². The van der Waals surface area contributed by atoms with E-state index in [1.165, 1.54) is 11.1 Å². The number of methoxy groups -OCH3 is 2. The Balaban J connectivity index is 1.58. The molecule has 6 heteroatoms. The molecular weight excluding hydrogens is 438 g/mol. The Labute approximate surface area is 206 Å². The summed E-state index contributed by atoms with van der Waals surface area (Å²) in [4.78, 5) is 15.3. The van der Waals surface area contributed by atoms with Crippen molar-refractivity contribution in [3.8, 4) is 11.5 Å². The van der Waals surface area contributed by atoms with E-state index >= 15 is 0 Å². The van der Waals surface area contributed by atoms with Crippen LogP contribution < -0.4 is 14.8 Å². The number of carbonyl (C=O) groups excluding carboxylic acids is 1. The third-order valence-corrected chi connectivity index (χ3v) is 5.98. The van der Waals surface area contributed by atoms with Gasteiger partial charge in [0.1, 0.15) is 11.5 Å². The first-order chi connectivity index (χ1) is 17.1. The quantitative estimate of drug-likeness (QED) is 0.322. The molecule has 4 aromatic rings. The van der Waals surface area contributed by atoms with Crippen LogP contribution in [0.25, 0.3) is 0 Å². The molecule has 0 aliphatic heterocycles. The fourth-order valence-corrected chi connectivity index (χ4v) is 4.00. The van der Waals surface area contributed by atoms with Crippen LogP contribution >= 0.6 is 0 Å². The molecule has 0 bridgehead atoms. The monoisotopic (exact) mass is 469 g/mol. The maximum atomic E-state index is 13.5. The molecule has 0 atom stereocenters. The zero-order chi connectivity index (χ0) is 24.6. The van der Waals surface area contributed by atoms with Crippen molar-refractivity contribution in [2.75, 3.05) is 19.5 Å². The van der Waals surface area contributed by atoms with Gasteiger partial charge >= 0.3 is 6.03 Å². The van der Waals surface area contributed by atoms with Gasteiger partial charge in [-0.1, -0.05) is 54.6 Å². The van der Waals surface area contributed by atoms with Crippen molar-refractivity contribution in [2.45, 2.75) is 26.6 Å². The number of rotatable bonds is 9. The van der Waals surface area contributed by atoms with Crippen LogP contribution in [0, 0.1) is 6.92 Å². The van der Waals surface area contributed by atoms with E-state index in [0.717, 1.165) is 17.8 Å². The third kappa shape index (κ3) is 6.23. The first kappa shape index (κ1) is 24.0. The highest BCUT2D eigenvalue weighted by Gasteiger charge is 2.18. The van der Waals surface area contributed by atoms with Crippen molar-refractivity contribution < 1.29 is 14.3 Å². The van der Waals surface area contributed by atoms with Gasteiger partial charge < -0.3 is 24.3 Å². The summed E-state index contributed by atoms with van der Waals surface area (Å²) in [6.07, 6.45) is 2.06. The van der Waals surface area contributed by atoms with Crippen LogP contribution in [0.1, 0.15) is 22.4 Å². The van der Waals surface area contributed by atoms with E-state index in [1.807, 2.05) is 41.3 Å². The number of nitrogens with zero attached hydrogens (tertiary/aromatic N) is 2. The standard InChI is InChI=1S/C29H31N3O3/c1-22-10-7-8-13-24(22)20-31-15-9-14-26(31)21-32(19-23-11-5-4-6-12-23)29(33)30-25-16-27(34-2)18-28(17-25)35-3/h4-18H,19-21H2,1-3H3,(H,30,33). The summed E-state index contributed by atoms with van der Waals surface area (Å²) < 4.78 is 12.9. The van der Waals surface area contributed by atoms with Crippen LogP contribution in [0.15, 0.2) is 91.1 Å². The van der Waals surface area contributed by atoms with Gasteiger partial charge in [-0.2, -0.15) is 0 Å². The second kappa shape index (κ2) is 11.3. The van der Waals surface area contributed by atoms with E-state index in [0.29, 0.717) is 30.3 Å². The first-order valence-corrected chi connectivity index (χ1v) is 11.6. The highest BCUT2D eigenvalue weighted by Crippen LogP contribution is 2.26. The summed E-state index contributed by atoms with van der Waals surface area (Å²) in [6, 6.07) is 27.6. The van der Waals surface area contributed by atoms with Crippen molar-refractivity contribution in [2.24, 2.45) is 0 Å². The maximum Gasteiger partial charge on any atom is 0.322 e. The van der Waals surface area contributed by atoms with Gasteiger partial charge in [-0.15, -0.1) is 0 Å². The van der Waals surface area contributed by atoms with Gasteiger partial charge in [0, 0.05) is 48.9 Å². The van der Waals surface area contributed by atoms with Crippen LogP contribution in [0.2, 0.25) is 0 Å². The van der Waals surface area contributed by atoms with E-state index in [9.17, 15) is 4.79 Å². The second-order valence-electron chi connectivity index (χ2n) is 8.43. The zero-order valence-corrected chi connectivity index (χ0v) is 20.4. The van der Waals surface area contributed by atoms with Gasteiger partial charge in [-0.05, 0) is 35.7 Å². The number of hydrogen-bond acceptors (Lipinski definition) is 3. The molecule has 1 N–H and O–H groups in total. The molecule has 3 aromatic carbocycles. The molecule has 0 spiro atoms. The lowest BCUT2D eigenvalue weighted by molar-refractivity contribution is 0.205. The SMILES string of the molecule is COc1cc(NC(=O)N(Cc2ccccc2)Cc2cccn2Cc2ccccc2C)cc(OC)c1. The van der Waals surface area contributed by atoms with Gasteiger partial charge in [0.15, 0.2) is 0 Å². The Morgan fingerprint density at radius 3 is 2.23 bits per heavy atom. The summed E-state index contributed by atoms with van der Waals surface area (Å²) in [5, 5.41) is 3.02. The molecule has 2 amide bonds. The Hall–Kier alpha value is -4.19. The number of hydrogen-bond donors (Lipinski definition) is 1. The highest BCUT2D eigenvalue weighted by molar-refractivity contribution is 5.89. The number of anilines is 1. The molecule has 0 fully saturated rings. The normalized spacial score (nSPS) is 10.6. The molecule has 6 nitrogen and oxygen atoms in total. The Morgan fingerprint density at radius 2 is 1.54 bits per heavy atom. The minimum atomic E-state index is -0.201. The molecule has 0 saturated carbocycles. The summed E-state index contributed by atoms with van der Waals surface area (Å²) in [6.45, 7) is 3.81. The maximum absolute atomic E-state index is 13.5. The molecule has 1 aromatic heterocycles. The largest absolute Gasteiger partial charge is 0.497 e. The lowest BCUT2D eigenvalue weighted by atomic mass is 10.1. The fraction of sp³-hybridized carbons (Fsp3) is 0.207. The number of amides is 2. The molecule has 0 saturated heterocycles. The predicted octanol–water partition coefficient (Wildman–Crippen LogP) is 6.10. The minimum Gasteiger partial charge on any atom is -0.497 e. The van der Waals surface area contributed by atoms with Gasteiger partial charge in [-0.25, -0.2) is 4.79 Å². The van der Waals surface area contributed by atoms with Crippen LogP contribution in [0.3, 0.4) is 0 Å². The van der Waals surface area contributed by atoms with Gasteiger partial charge in [0.05, 0.1) is 20.8 Å². The molecule has 4 rings (SSSR count). The molecule has 0 aliphatic carbocycles. The average molecular weight is 470 g/mol. The minimum absolute atomic E-state index is 0.201. The Morgan fingerprint density at radius 1 is 0.857 bits per heavy atom. The molecule has 35 heavy (non-hydrogen) atoms. The average Bonchev–Trinajstić information content (AvgIpc) is 3.31. The van der Waals surface area contributed by atoms with Crippen molar-refractivity contribution >= 4 is 11.7 Å². The Bertz CT molecular complexity index is 1240.